The molecule has 2 nitrogen and oxygen atoms in total. The maximum atomic E-state index is 2.50. The predicted octanol–water partition coefficient (Wildman–Crippen LogP) is 5.32. The van der Waals surface area contributed by atoms with Gasteiger partial charge in [-0.3, -0.25) is 0 Å². The van der Waals surface area contributed by atoms with Crippen LogP contribution >= 0.6 is 0 Å². The van der Waals surface area contributed by atoms with Crippen LogP contribution in [0.15, 0.2) is 97.1 Å². The van der Waals surface area contributed by atoms with Crippen molar-refractivity contribution < 1.29 is 0 Å². The van der Waals surface area contributed by atoms with E-state index in [9.17, 15) is 0 Å². The Hall–Kier alpha value is -3.46. The molecule has 28 heavy (non-hydrogen) atoms. The molecule has 2 heterocycles. The highest BCUT2D eigenvalue weighted by atomic mass is 15.3. The Labute approximate surface area is 165 Å². The third-order valence-corrected chi connectivity index (χ3v) is 6.04. The molecule has 0 unspecified atom stereocenters. The van der Waals surface area contributed by atoms with Crippen molar-refractivity contribution in [2.45, 2.75) is 0 Å². The molecule has 0 aromatic heterocycles. The molecule has 0 N–H and O–H groups in total. The SMILES string of the molecule is CN1B2c3ccccc3-c3ccccc3-c3ccccc3N2c2ccccc21. The molecular weight excluding hydrogens is 339 g/mol. The molecule has 0 amide bonds. The van der Waals surface area contributed by atoms with Crippen LogP contribution in [0.2, 0.25) is 0 Å². The van der Waals surface area contributed by atoms with Crippen molar-refractivity contribution in [3.8, 4) is 22.3 Å². The largest absolute Gasteiger partial charge is 0.416 e. The average molecular weight is 358 g/mol. The number of nitrogens with zero attached hydrogens (tertiary/aromatic N) is 2. The van der Waals surface area contributed by atoms with Crippen LogP contribution in [0.5, 0.6) is 0 Å². The van der Waals surface area contributed by atoms with E-state index in [0.29, 0.717) is 0 Å². The summed E-state index contributed by atoms with van der Waals surface area (Å²) in [5.41, 5.74) is 10.3. The van der Waals surface area contributed by atoms with E-state index in [4.69, 9.17) is 0 Å². The Morgan fingerprint density at radius 3 is 1.75 bits per heavy atom. The van der Waals surface area contributed by atoms with E-state index in [1.54, 1.807) is 0 Å². The van der Waals surface area contributed by atoms with Crippen molar-refractivity contribution >= 4 is 29.5 Å². The second-order valence-electron chi connectivity index (χ2n) is 7.49. The van der Waals surface area contributed by atoms with Gasteiger partial charge in [0.2, 0.25) is 0 Å². The van der Waals surface area contributed by atoms with E-state index in [0.717, 1.165) is 0 Å². The van der Waals surface area contributed by atoms with Gasteiger partial charge in [-0.05, 0) is 47.4 Å². The lowest BCUT2D eigenvalue weighted by Gasteiger charge is -2.33. The van der Waals surface area contributed by atoms with Crippen LogP contribution in [0.25, 0.3) is 22.3 Å². The topological polar surface area (TPSA) is 6.48 Å². The number of hydrogen-bond acceptors (Lipinski definition) is 2. The second kappa shape index (κ2) is 5.77. The lowest BCUT2D eigenvalue weighted by molar-refractivity contribution is 1.33. The minimum atomic E-state index is 0.128. The van der Waals surface area contributed by atoms with Crippen molar-refractivity contribution in [3.05, 3.63) is 97.1 Å². The maximum absolute atomic E-state index is 2.50. The first-order valence-corrected chi connectivity index (χ1v) is 9.73. The fourth-order valence-corrected chi connectivity index (χ4v) is 4.84. The van der Waals surface area contributed by atoms with Crippen molar-refractivity contribution in [2.75, 3.05) is 16.7 Å². The van der Waals surface area contributed by atoms with Gasteiger partial charge in [0.15, 0.2) is 0 Å². The van der Waals surface area contributed by atoms with Crippen LogP contribution in [-0.4, -0.2) is 14.0 Å². The number of rotatable bonds is 0. The number of hydrogen-bond donors (Lipinski definition) is 0. The summed E-state index contributed by atoms with van der Waals surface area (Å²) in [7, 11) is 2.20. The molecule has 2 aliphatic rings. The average Bonchev–Trinajstić information content (AvgIpc) is 3.05. The molecule has 0 radical (unpaired) electrons. The van der Waals surface area contributed by atoms with Crippen molar-refractivity contribution in [3.63, 3.8) is 0 Å². The normalized spacial score (nSPS) is 13.7. The quantitative estimate of drug-likeness (QED) is 0.393. The van der Waals surface area contributed by atoms with Crippen molar-refractivity contribution in [1.82, 2.24) is 0 Å². The van der Waals surface area contributed by atoms with E-state index in [1.165, 1.54) is 44.8 Å². The molecule has 0 bridgehead atoms. The molecular formula is C25H19BN2. The molecule has 3 heteroatoms. The van der Waals surface area contributed by atoms with Crippen LogP contribution in [0.1, 0.15) is 0 Å². The van der Waals surface area contributed by atoms with Gasteiger partial charge in [0.25, 0.3) is 0 Å². The van der Waals surface area contributed by atoms with Crippen molar-refractivity contribution in [1.29, 1.82) is 0 Å². The molecule has 0 aliphatic carbocycles. The molecule has 0 atom stereocenters. The summed E-state index contributed by atoms with van der Waals surface area (Å²) in [4.78, 5) is 4.90. The maximum Gasteiger partial charge on any atom is 0.416 e. The van der Waals surface area contributed by atoms with Gasteiger partial charge < -0.3 is 9.62 Å². The molecule has 6 rings (SSSR count). The highest BCUT2D eigenvalue weighted by Gasteiger charge is 2.43. The second-order valence-corrected chi connectivity index (χ2v) is 7.49. The zero-order chi connectivity index (χ0) is 18.7. The molecule has 0 fully saturated rings. The summed E-state index contributed by atoms with van der Waals surface area (Å²) < 4.78 is 0. The predicted molar refractivity (Wildman–Crippen MR) is 120 cm³/mol. The van der Waals surface area contributed by atoms with Gasteiger partial charge >= 0.3 is 6.98 Å². The van der Waals surface area contributed by atoms with Gasteiger partial charge in [-0.15, -0.1) is 0 Å². The highest BCUT2D eigenvalue weighted by Crippen LogP contribution is 2.48. The summed E-state index contributed by atoms with van der Waals surface area (Å²) in [5, 5.41) is 0. The first-order chi connectivity index (χ1) is 13.8. The highest BCUT2D eigenvalue weighted by molar-refractivity contribution is 6.84. The minimum absolute atomic E-state index is 0.128. The van der Waals surface area contributed by atoms with Gasteiger partial charge in [-0.1, -0.05) is 78.9 Å². The number of fused-ring (bicyclic) bond motifs is 10. The van der Waals surface area contributed by atoms with Crippen molar-refractivity contribution in [2.24, 2.45) is 0 Å². The minimum Gasteiger partial charge on any atom is -0.393 e. The Morgan fingerprint density at radius 2 is 1.00 bits per heavy atom. The van der Waals surface area contributed by atoms with Crippen LogP contribution in [0.3, 0.4) is 0 Å². The van der Waals surface area contributed by atoms with E-state index >= 15 is 0 Å². The van der Waals surface area contributed by atoms with Crippen LogP contribution in [-0.2, 0) is 0 Å². The first kappa shape index (κ1) is 15.6. The number of para-hydroxylation sites is 3. The Kier molecular flexibility index (Phi) is 3.21. The molecule has 0 saturated heterocycles. The van der Waals surface area contributed by atoms with Gasteiger partial charge in [-0.2, -0.15) is 0 Å². The summed E-state index contributed by atoms with van der Waals surface area (Å²) in [6.45, 7) is 0.128. The first-order valence-electron chi connectivity index (χ1n) is 9.73. The van der Waals surface area contributed by atoms with E-state index < -0.39 is 0 Å². The fraction of sp³-hybridized carbons (Fsp3) is 0.0400. The summed E-state index contributed by atoms with van der Waals surface area (Å²) in [5.74, 6) is 0. The van der Waals surface area contributed by atoms with Gasteiger partial charge in [-0.25, -0.2) is 0 Å². The van der Waals surface area contributed by atoms with Gasteiger partial charge in [0.05, 0.1) is 5.69 Å². The monoisotopic (exact) mass is 358 g/mol. The molecule has 132 valence electrons. The van der Waals surface area contributed by atoms with E-state index in [-0.39, 0.29) is 6.98 Å². The summed E-state index contributed by atoms with van der Waals surface area (Å²) in [6, 6.07) is 35.1. The number of anilines is 3. The Balaban J connectivity index is 1.78. The molecule has 4 aromatic rings. The Bertz CT molecular complexity index is 1220. The zero-order valence-corrected chi connectivity index (χ0v) is 15.7. The summed E-state index contributed by atoms with van der Waals surface area (Å²) >= 11 is 0. The number of benzene rings is 4. The smallest absolute Gasteiger partial charge is 0.393 e. The molecule has 0 spiro atoms. The zero-order valence-electron chi connectivity index (χ0n) is 15.7. The third-order valence-electron chi connectivity index (χ3n) is 6.04. The molecule has 4 aromatic carbocycles. The van der Waals surface area contributed by atoms with E-state index in [2.05, 4.69) is 114 Å². The van der Waals surface area contributed by atoms with E-state index in [1.807, 2.05) is 0 Å². The molecule has 2 aliphatic heterocycles. The molecule has 0 saturated carbocycles. The third kappa shape index (κ3) is 1.99. The summed E-state index contributed by atoms with van der Waals surface area (Å²) in [6.07, 6.45) is 0. The van der Waals surface area contributed by atoms with Gasteiger partial charge in [0.1, 0.15) is 0 Å². The van der Waals surface area contributed by atoms with Gasteiger partial charge in [0, 0.05) is 16.9 Å². The standard InChI is InChI=1S/C25H19BN2/c1-27-24-16-8-9-17-25(24)28-23-15-7-5-13-21(23)19-11-3-2-10-18(19)20-12-4-6-14-22(20)26(27)28/h2-17H,1H3. The van der Waals surface area contributed by atoms with Crippen LogP contribution < -0.4 is 15.1 Å². The van der Waals surface area contributed by atoms with Crippen LogP contribution in [0.4, 0.5) is 17.1 Å². The van der Waals surface area contributed by atoms with Crippen LogP contribution in [0, 0.1) is 0 Å². The fourth-order valence-electron chi connectivity index (χ4n) is 4.84. The Morgan fingerprint density at radius 1 is 0.500 bits per heavy atom. The lowest BCUT2D eigenvalue weighted by atomic mass is 9.61. The lowest BCUT2D eigenvalue weighted by Crippen LogP contribution is -2.54.